The second kappa shape index (κ2) is 7.33. The summed E-state index contributed by atoms with van der Waals surface area (Å²) in [5.74, 6) is 1.71. The van der Waals surface area contributed by atoms with Crippen molar-refractivity contribution in [1.29, 1.82) is 0 Å². The molecule has 1 rings (SSSR count). The SMILES string of the molecule is CCC(CC(C)C)NCc1ccccc1OC. The van der Waals surface area contributed by atoms with Crippen LogP contribution in [0.1, 0.15) is 39.2 Å². The lowest BCUT2D eigenvalue weighted by atomic mass is 10.0. The number of hydrogen-bond donors (Lipinski definition) is 1. The number of benzene rings is 1. The van der Waals surface area contributed by atoms with E-state index in [2.05, 4.69) is 38.2 Å². The van der Waals surface area contributed by atoms with E-state index in [0.717, 1.165) is 18.2 Å². The van der Waals surface area contributed by atoms with Crippen LogP contribution in [-0.4, -0.2) is 13.2 Å². The van der Waals surface area contributed by atoms with E-state index in [1.807, 2.05) is 12.1 Å². The van der Waals surface area contributed by atoms with Crippen LogP contribution in [0, 0.1) is 5.92 Å². The number of methoxy groups -OCH3 is 1. The van der Waals surface area contributed by atoms with E-state index in [1.54, 1.807) is 7.11 Å². The Labute approximate surface area is 105 Å². The van der Waals surface area contributed by atoms with Crippen molar-refractivity contribution >= 4 is 0 Å². The van der Waals surface area contributed by atoms with Crippen LogP contribution in [0.2, 0.25) is 0 Å². The molecule has 17 heavy (non-hydrogen) atoms. The van der Waals surface area contributed by atoms with E-state index in [4.69, 9.17) is 4.74 Å². The first-order valence-electron chi connectivity index (χ1n) is 6.52. The van der Waals surface area contributed by atoms with Gasteiger partial charge in [0.2, 0.25) is 0 Å². The topological polar surface area (TPSA) is 21.3 Å². The highest BCUT2D eigenvalue weighted by Crippen LogP contribution is 2.17. The molecule has 0 radical (unpaired) electrons. The van der Waals surface area contributed by atoms with Gasteiger partial charge >= 0.3 is 0 Å². The molecule has 0 bridgehead atoms. The Balaban J connectivity index is 2.53. The molecule has 0 saturated heterocycles. The molecule has 0 aromatic heterocycles. The van der Waals surface area contributed by atoms with Crippen LogP contribution in [0.5, 0.6) is 5.75 Å². The molecule has 96 valence electrons. The fraction of sp³-hybridized carbons (Fsp3) is 0.600. The van der Waals surface area contributed by atoms with Crippen molar-refractivity contribution < 1.29 is 4.74 Å². The average Bonchev–Trinajstić information content (AvgIpc) is 2.34. The molecule has 1 atom stereocenters. The van der Waals surface area contributed by atoms with Gasteiger partial charge in [0.05, 0.1) is 7.11 Å². The van der Waals surface area contributed by atoms with E-state index in [1.165, 1.54) is 18.4 Å². The Kier molecular flexibility index (Phi) is 6.06. The molecule has 0 saturated carbocycles. The number of hydrogen-bond acceptors (Lipinski definition) is 2. The molecule has 0 heterocycles. The van der Waals surface area contributed by atoms with E-state index in [-0.39, 0.29) is 0 Å². The summed E-state index contributed by atoms with van der Waals surface area (Å²) in [6.07, 6.45) is 2.40. The monoisotopic (exact) mass is 235 g/mol. The van der Waals surface area contributed by atoms with E-state index in [0.29, 0.717) is 6.04 Å². The Hall–Kier alpha value is -1.02. The third-order valence-electron chi connectivity index (χ3n) is 3.02. The predicted molar refractivity (Wildman–Crippen MR) is 73.4 cm³/mol. The molecule has 0 spiro atoms. The normalized spacial score (nSPS) is 12.8. The molecule has 0 aliphatic heterocycles. The molecule has 0 fully saturated rings. The minimum Gasteiger partial charge on any atom is -0.496 e. The third kappa shape index (κ3) is 4.78. The first-order chi connectivity index (χ1) is 8.17. The third-order valence-corrected chi connectivity index (χ3v) is 3.02. The second-order valence-corrected chi connectivity index (χ2v) is 4.93. The van der Waals surface area contributed by atoms with E-state index >= 15 is 0 Å². The molecule has 2 heteroatoms. The lowest BCUT2D eigenvalue weighted by Crippen LogP contribution is -2.29. The summed E-state index contributed by atoms with van der Waals surface area (Å²) in [6.45, 7) is 7.67. The summed E-state index contributed by atoms with van der Waals surface area (Å²) >= 11 is 0. The van der Waals surface area contributed by atoms with Gasteiger partial charge in [-0.2, -0.15) is 0 Å². The molecule has 1 aromatic rings. The highest BCUT2D eigenvalue weighted by Gasteiger charge is 2.09. The van der Waals surface area contributed by atoms with Crippen molar-refractivity contribution in [3.63, 3.8) is 0 Å². The maximum absolute atomic E-state index is 5.35. The largest absolute Gasteiger partial charge is 0.496 e. The summed E-state index contributed by atoms with van der Waals surface area (Å²) < 4.78 is 5.35. The van der Waals surface area contributed by atoms with Crippen molar-refractivity contribution in [2.45, 2.75) is 46.2 Å². The van der Waals surface area contributed by atoms with Crippen molar-refractivity contribution in [3.05, 3.63) is 29.8 Å². The summed E-state index contributed by atoms with van der Waals surface area (Å²) in [6, 6.07) is 8.80. The van der Waals surface area contributed by atoms with Crippen molar-refractivity contribution in [2.24, 2.45) is 5.92 Å². The van der Waals surface area contributed by atoms with Gasteiger partial charge in [-0.15, -0.1) is 0 Å². The smallest absolute Gasteiger partial charge is 0.123 e. The Bertz CT molecular complexity index is 322. The van der Waals surface area contributed by atoms with Gasteiger partial charge in [0.25, 0.3) is 0 Å². The molecule has 1 unspecified atom stereocenters. The van der Waals surface area contributed by atoms with E-state index < -0.39 is 0 Å². The van der Waals surface area contributed by atoms with E-state index in [9.17, 15) is 0 Å². The summed E-state index contributed by atoms with van der Waals surface area (Å²) in [5, 5.41) is 3.61. The second-order valence-electron chi connectivity index (χ2n) is 4.93. The highest BCUT2D eigenvalue weighted by atomic mass is 16.5. The standard InChI is InChI=1S/C15H25NO/c1-5-14(10-12(2)3)16-11-13-8-6-7-9-15(13)17-4/h6-9,12,14,16H,5,10-11H2,1-4H3. The van der Waals surface area contributed by atoms with Crippen LogP contribution in [0.4, 0.5) is 0 Å². The lowest BCUT2D eigenvalue weighted by molar-refractivity contribution is 0.389. The van der Waals surface area contributed by atoms with Crippen LogP contribution >= 0.6 is 0 Å². The van der Waals surface area contributed by atoms with Gasteiger partial charge < -0.3 is 10.1 Å². The molecule has 1 N–H and O–H groups in total. The zero-order chi connectivity index (χ0) is 12.7. The molecule has 2 nitrogen and oxygen atoms in total. The zero-order valence-electron chi connectivity index (χ0n) is 11.5. The number of para-hydroxylation sites is 1. The molecule has 0 aliphatic carbocycles. The summed E-state index contributed by atoms with van der Waals surface area (Å²) in [7, 11) is 1.73. The van der Waals surface area contributed by atoms with Gasteiger partial charge in [0, 0.05) is 18.2 Å². The van der Waals surface area contributed by atoms with Gasteiger partial charge in [-0.1, -0.05) is 39.0 Å². The van der Waals surface area contributed by atoms with Crippen LogP contribution in [0.3, 0.4) is 0 Å². The van der Waals surface area contributed by atoms with Crippen molar-refractivity contribution in [3.8, 4) is 5.75 Å². The van der Waals surface area contributed by atoms with Crippen LogP contribution in [-0.2, 0) is 6.54 Å². The number of nitrogens with one attached hydrogen (secondary N) is 1. The molecule has 1 aromatic carbocycles. The maximum Gasteiger partial charge on any atom is 0.123 e. The van der Waals surface area contributed by atoms with Gasteiger partial charge in [-0.3, -0.25) is 0 Å². The minimum absolute atomic E-state index is 0.597. The average molecular weight is 235 g/mol. The molecule has 0 amide bonds. The number of rotatable bonds is 7. The Morgan fingerprint density at radius 3 is 2.53 bits per heavy atom. The highest BCUT2D eigenvalue weighted by molar-refractivity contribution is 5.32. The first-order valence-corrected chi connectivity index (χ1v) is 6.52. The maximum atomic E-state index is 5.35. The van der Waals surface area contributed by atoms with Gasteiger partial charge in [0.15, 0.2) is 0 Å². The summed E-state index contributed by atoms with van der Waals surface area (Å²) in [5.41, 5.74) is 1.23. The molecule has 0 aliphatic rings. The summed E-state index contributed by atoms with van der Waals surface area (Å²) in [4.78, 5) is 0. The lowest BCUT2D eigenvalue weighted by Gasteiger charge is -2.19. The Morgan fingerprint density at radius 1 is 1.24 bits per heavy atom. The van der Waals surface area contributed by atoms with Gasteiger partial charge in [0.1, 0.15) is 5.75 Å². The van der Waals surface area contributed by atoms with Crippen LogP contribution in [0.15, 0.2) is 24.3 Å². The van der Waals surface area contributed by atoms with Crippen LogP contribution in [0.25, 0.3) is 0 Å². The number of ether oxygens (including phenoxy) is 1. The Morgan fingerprint density at radius 2 is 1.94 bits per heavy atom. The molecular weight excluding hydrogens is 210 g/mol. The minimum atomic E-state index is 0.597. The zero-order valence-corrected chi connectivity index (χ0v) is 11.5. The molecular formula is C15H25NO. The quantitative estimate of drug-likeness (QED) is 0.779. The first kappa shape index (κ1) is 14.0. The fourth-order valence-corrected chi connectivity index (χ4v) is 2.07. The van der Waals surface area contributed by atoms with Crippen molar-refractivity contribution in [2.75, 3.05) is 7.11 Å². The fourth-order valence-electron chi connectivity index (χ4n) is 2.07. The van der Waals surface area contributed by atoms with Crippen LogP contribution < -0.4 is 10.1 Å². The van der Waals surface area contributed by atoms with Crippen molar-refractivity contribution in [1.82, 2.24) is 5.32 Å². The van der Waals surface area contributed by atoms with Gasteiger partial charge in [-0.05, 0) is 24.8 Å². The van der Waals surface area contributed by atoms with Gasteiger partial charge in [-0.25, -0.2) is 0 Å². The predicted octanol–water partition coefficient (Wildman–Crippen LogP) is 3.61.